The summed E-state index contributed by atoms with van der Waals surface area (Å²) in [6, 6.07) is 2.14. The Morgan fingerprint density at radius 2 is 2.10 bits per heavy atom. The Morgan fingerprint density at radius 3 is 2.67 bits per heavy atom. The molecule has 0 spiro atoms. The zero-order valence-electron chi connectivity index (χ0n) is 13.6. The number of aromatic nitrogens is 1. The van der Waals surface area contributed by atoms with Crippen molar-refractivity contribution < 1.29 is 8.42 Å². The van der Waals surface area contributed by atoms with E-state index < -0.39 is 15.6 Å². The molecule has 1 aromatic heterocycles. The monoisotopic (exact) mass is 313 g/mol. The number of hydrogen-bond acceptors (Lipinski definition) is 3. The van der Waals surface area contributed by atoms with E-state index in [2.05, 4.69) is 29.2 Å². The van der Waals surface area contributed by atoms with Crippen molar-refractivity contribution in [3.05, 3.63) is 23.5 Å². The van der Waals surface area contributed by atoms with Crippen molar-refractivity contribution in [2.45, 2.75) is 58.7 Å². The van der Waals surface area contributed by atoms with Crippen LogP contribution in [0.3, 0.4) is 0 Å². The van der Waals surface area contributed by atoms with Gasteiger partial charge in [-0.2, -0.15) is 0 Å². The van der Waals surface area contributed by atoms with Crippen LogP contribution in [-0.4, -0.2) is 24.8 Å². The molecule has 0 saturated carbocycles. The van der Waals surface area contributed by atoms with Gasteiger partial charge < -0.3 is 10.3 Å². The fourth-order valence-corrected chi connectivity index (χ4v) is 4.47. The molecule has 21 heavy (non-hydrogen) atoms. The summed E-state index contributed by atoms with van der Waals surface area (Å²) in [5.41, 5.74) is 8.35. The molecule has 0 bridgehead atoms. The lowest BCUT2D eigenvalue weighted by atomic mass is 9.74. The molecule has 6 heteroatoms. The fraction of sp³-hybridized carbons (Fsp3) is 0.733. The number of nitrogens with two attached hydrogens (primary N) is 1. The van der Waals surface area contributed by atoms with Gasteiger partial charge >= 0.3 is 0 Å². The van der Waals surface area contributed by atoms with Gasteiger partial charge in [0.05, 0.1) is 6.26 Å². The minimum Gasteiger partial charge on any atom is -0.349 e. The molecule has 5 nitrogen and oxygen atoms in total. The van der Waals surface area contributed by atoms with Crippen LogP contribution in [0.15, 0.2) is 12.3 Å². The zero-order valence-corrected chi connectivity index (χ0v) is 14.4. The molecule has 0 aliphatic heterocycles. The number of hydrogen-bond donors (Lipinski definition) is 2. The Labute approximate surface area is 128 Å². The largest absolute Gasteiger partial charge is 0.349 e. The normalized spacial score (nSPS) is 22.1. The van der Waals surface area contributed by atoms with Crippen molar-refractivity contribution in [2.24, 2.45) is 11.1 Å². The summed E-state index contributed by atoms with van der Waals surface area (Å²) < 4.78 is 27.8. The second-order valence-corrected chi connectivity index (χ2v) is 9.50. The molecular weight excluding hydrogens is 286 g/mol. The third-order valence-electron chi connectivity index (χ3n) is 3.96. The summed E-state index contributed by atoms with van der Waals surface area (Å²) in [6.07, 6.45) is 5.17. The SMILES string of the molecule is CC1(C)Cc2c(ccn2CC(C)(C)NS(C)(=O)=O)C(N)C1. The van der Waals surface area contributed by atoms with Crippen molar-refractivity contribution in [3.63, 3.8) is 0 Å². The van der Waals surface area contributed by atoms with E-state index in [4.69, 9.17) is 5.73 Å². The van der Waals surface area contributed by atoms with Crippen LogP contribution in [0.1, 0.15) is 51.4 Å². The van der Waals surface area contributed by atoms with E-state index >= 15 is 0 Å². The molecule has 0 amide bonds. The van der Waals surface area contributed by atoms with Crippen LogP contribution in [-0.2, 0) is 23.0 Å². The van der Waals surface area contributed by atoms with Gasteiger partial charge in [-0.1, -0.05) is 13.8 Å². The second-order valence-electron chi connectivity index (χ2n) is 7.76. The predicted molar refractivity (Wildman–Crippen MR) is 85.5 cm³/mol. The maximum atomic E-state index is 11.5. The smallest absolute Gasteiger partial charge is 0.209 e. The first-order chi connectivity index (χ1) is 9.39. The van der Waals surface area contributed by atoms with Gasteiger partial charge in [-0.05, 0) is 43.7 Å². The molecule has 0 fully saturated rings. The lowest BCUT2D eigenvalue weighted by molar-refractivity contribution is 0.270. The number of nitrogens with zero attached hydrogens (tertiary/aromatic N) is 1. The lowest BCUT2D eigenvalue weighted by Gasteiger charge is -2.35. The van der Waals surface area contributed by atoms with E-state index in [0.717, 1.165) is 12.8 Å². The highest BCUT2D eigenvalue weighted by Gasteiger charge is 2.33. The van der Waals surface area contributed by atoms with Gasteiger partial charge in [0.15, 0.2) is 0 Å². The minimum absolute atomic E-state index is 0.0657. The lowest BCUT2D eigenvalue weighted by Crippen LogP contribution is -2.46. The zero-order chi connectivity index (χ0) is 16.1. The summed E-state index contributed by atoms with van der Waals surface area (Å²) >= 11 is 0. The molecule has 120 valence electrons. The Bertz CT molecular complexity index is 629. The summed E-state index contributed by atoms with van der Waals surface area (Å²) in [6.45, 7) is 8.85. The standard InChI is InChI=1S/C15H27N3O2S/c1-14(2)8-12(16)11-6-7-18(13(11)9-14)10-15(3,4)17-21(5,19)20/h6-7,12,17H,8-10,16H2,1-5H3. The average Bonchev–Trinajstić information content (AvgIpc) is 2.55. The Morgan fingerprint density at radius 1 is 1.48 bits per heavy atom. The molecule has 0 aromatic carbocycles. The van der Waals surface area contributed by atoms with E-state index in [1.54, 1.807) is 0 Å². The van der Waals surface area contributed by atoms with E-state index in [9.17, 15) is 8.42 Å². The number of nitrogens with one attached hydrogen (secondary N) is 1. The maximum Gasteiger partial charge on any atom is 0.209 e. The molecule has 1 aromatic rings. The van der Waals surface area contributed by atoms with Crippen LogP contribution < -0.4 is 10.5 Å². The second kappa shape index (κ2) is 5.11. The van der Waals surface area contributed by atoms with Gasteiger partial charge in [-0.3, -0.25) is 0 Å². The molecule has 0 radical (unpaired) electrons. The Kier molecular flexibility index (Phi) is 4.02. The quantitative estimate of drug-likeness (QED) is 0.889. The molecule has 1 aliphatic rings. The summed E-state index contributed by atoms with van der Waals surface area (Å²) in [5.74, 6) is 0. The third-order valence-corrected chi connectivity index (χ3v) is 4.88. The van der Waals surface area contributed by atoms with Crippen molar-refractivity contribution in [2.75, 3.05) is 6.26 Å². The summed E-state index contributed by atoms with van der Waals surface area (Å²) in [7, 11) is -3.23. The summed E-state index contributed by atoms with van der Waals surface area (Å²) in [5, 5.41) is 0. The molecule has 3 N–H and O–H groups in total. The molecular formula is C15H27N3O2S. The third kappa shape index (κ3) is 4.08. The highest BCUT2D eigenvalue weighted by atomic mass is 32.2. The molecule has 1 heterocycles. The van der Waals surface area contributed by atoms with Crippen LogP contribution in [0.2, 0.25) is 0 Å². The van der Waals surface area contributed by atoms with Gasteiger partial charge in [-0.25, -0.2) is 13.1 Å². The van der Waals surface area contributed by atoms with Crippen LogP contribution in [0.5, 0.6) is 0 Å². The number of rotatable bonds is 4. The van der Waals surface area contributed by atoms with Crippen LogP contribution in [0, 0.1) is 5.41 Å². The van der Waals surface area contributed by atoms with Gasteiger partial charge in [0.25, 0.3) is 0 Å². The molecule has 1 atom stereocenters. The first-order valence-electron chi connectivity index (χ1n) is 7.31. The topological polar surface area (TPSA) is 77.1 Å². The van der Waals surface area contributed by atoms with E-state index in [-0.39, 0.29) is 11.5 Å². The molecule has 0 saturated heterocycles. The summed E-state index contributed by atoms with van der Waals surface area (Å²) in [4.78, 5) is 0. The van der Waals surface area contributed by atoms with E-state index in [1.165, 1.54) is 17.5 Å². The highest BCUT2D eigenvalue weighted by molar-refractivity contribution is 7.88. The maximum absolute atomic E-state index is 11.5. The number of fused-ring (bicyclic) bond motifs is 1. The molecule has 1 aliphatic carbocycles. The minimum atomic E-state index is -3.23. The molecule has 1 unspecified atom stereocenters. The highest BCUT2D eigenvalue weighted by Crippen LogP contribution is 2.40. The molecule has 2 rings (SSSR count). The first-order valence-corrected chi connectivity index (χ1v) is 9.20. The number of sulfonamides is 1. The first kappa shape index (κ1) is 16.5. The van der Waals surface area contributed by atoms with Crippen LogP contribution >= 0.6 is 0 Å². The van der Waals surface area contributed by atoms with E-state index in [1.807, 2.05) is 20.0 Å². The van der Waals surface area contributed by atoms with Crippen LogP contribution in [0.4, 0.5) is 0 Å². The van der Waals surface area contributed by atoms with E-state index in [0.29, 0.717) is 6.54 Å². The van der Waals surface area contributed by atoms with Crippen molar-refractivity contribution in [1.29, 1.82) is 0 Å². The Hall–Kier alpha value is -0.850. The van der Waals surface area contributed by atoms with Gasteiger partial charge in [0.2, 0.25) is 10.0 Å². The van der Waals surface area contributed by atoms with Crippen molar-refractivity contribution in [3.8, 4) is 0 Å². The van der Waals surface area contributed by atoms with Gasteiger partial charge in [0, 0.05) is 30.0 Å². The van der Waals surface area contributed by atoms with Gasteiger partial charge in [0.1, 0.15) is 0 Å². The predicted octanol–water partition coefficient (Wildman–Crippen LogP) is 1.79. The van der Waals surface area contributed by atoms with Gasteiger partial charge in [-0.15, -0.1) is 0 Å². The Balaban J connectivity index is 2.28. The van der Waals surface area contributed by atoms with Crippen LogP contribution in [0.25, 0.3) is 0 Å². The fourth-order valence-electron chi connectivity index (χ4n) is 3.40. The van der Waals surface area contributed by atoms with Crippen molar-refractivity contribution in [1.82, 2.24) is 9.29 Å². The average molecular weight is 313 g/mol. The van der Waals surface area contributed by atoms with Crippen molar-refractivity contribution >= 4 is 10.0 Å².